The van der Waals surface area contributed by atoms with Crippen LogP contribution in [0.1, 0.15) is 15.9 Å². The van der Waals surface area contributed by atoms with Crippen LogP contribution in [0.2, 0.25) is 0 Å². The number of amides is 1. The molecule has 0 aliphatic heterocycles. The van der Waals surface area contributed by atoms with E-state index in [2.05, 4.69) is 10.3 Å². The van der Waals surface area contributed by atoms with Crippen LogP contribution in [0.15, 0.2) is 83.8 Å². The number of nitrogen functional groups attached to an aromatic ring is 1. The molecule has 6 aromatic rings. The normalized spacial score (nSPS) is 11.4. The van der Waals surface area contributed by atoms with Crippen molar-refractivity contribution in [2.45, 2.75) is 11.8 Å². The minimum Gasteiger partial charge on any atom is -0.744 e. The third-order valence-corrected chi connectivity index (χ3v) is 9.52. The van der Waals surface area contributed by atoms with Crippen LogP contribution in [0.5, 0.6) is 0 Å². The molecule has 1 amide bonds. The van der Waals surface area contributed by atoms with Crippen molar-refractivity contribution in [2.75, 3.05) is 11.1 Å². The smallest absolute Gasteiger partial charge is 0.255 e. The van der Waals surface area contributed by atoms with Crippen molar-refractivity contribution in [2.24, 2.45) is 0 Å². The Balaban J connectivity index is 0.00000323. The van der Waals surface area contributed by atoms with E-state index in [1.807, 2.05) is 42.5 Å². The first-order valence-electron chi connectivity index (χ1n) is 11.7. The van der Waals surface area contributed by atoms with E-state index in [1.165, 1.54) is 22.7 Å². The van der Waals surface area contributed by atoms with E-state index in [1.54, 1.807) is 43.3 Å². The predicted octanol–water partition coefficient (Wildman–Crippen LogP) is 6.66. The second-order valence-corrected chi connectivity index (χ2v) is 12.2. The molecule has 9 nitrogen and oxygen atoms in total. The van der Waals surface area contributed by atoms with Gasteiger partial charge < -0.3 is 21.8 Å². The molecule has 0 unspecified atom stereocenters. The van der Waals surface area contributed by atoms with E-state index in [0.717, 1.165) is 26.4 Å². The number of hydrogen-bond donors (Lipinski definition) is 3. The summed E-state index contributed by atoms with van der Waals surface area (Å²) in [5, 5.41) is 4.32. The molecular weight excluding hydrogens is 567 g/mol. The summed E-state index contributed by atoms with van der Waals surface area (Å²) < 4.78 is 36.9. The van der Waals surface area contributed by atoms with Crippen LogP contribution in [-0.2, 0) is 10.1 Å². The molecule has 0 spiro atoms. The van der Waals surface area contributed by atoms with Gasteiger partial charge in [-0.05, 0) is 85.3 Å². The fourth-order valence-corrected chi connectivity index (χ4v) is 7.51. The molecule has 40 heavy (non-hydrogen) atoms. The van der Waals surface area contributed by atoms with Crippen molar-refractivity contribution in [3.63, 3.8) is 0 Å². The molecule has 0 aliphatic carbocycles. The summed E-state index contributed by atoms with van der Waals surface area (Å²) in [6, 6.07) is 23.2. The molecule has 0 fully saturated rings. The Morgan fingerprint density at radius 2 is 1.48 bits per heavy atom. The molecule has 2 aromatic heterocycles. The molecule has 2 heterocycles. The first-order chi connectivity index (χ1) is 18.7. The summed E-state index contributed by atoms with van der Waals surface area (Å²) in [6.07, 6.45) is 0. The average molecular weight is 590 g/mol. The highest BCUT2D eigenvalue weighted by Gasteiger charge is 2.17. The SMILES string of the molecule is Cc1ccc2nc(-c3ccc4nc(-c5ccc(NC(=O)c6ccc(N)cc6)cc5)sc4c3)sc2c1S(=O)(=O)[O-].[NH4+]. The lowest BCUT2D eigenvalue weighted by molar-refractivity contribution is 0.102. The van der Waals surface area contributed by atoms with Crippen LogP contribution in [0.3, 0.4) is 0 Å². The Hall–Kier alpha value is -4.20. The average Bonchev–Trinajstić information content (AvgIpc) is 3.52. The van der Waals surface area contributed by atoms with Crippen LogP contribution in [0.4, 0.5) is 11.4 Å². The summed E-state index contributed by atoms with van der Waals surface area (Å²) in [4.78, 5) is 21.6. The van der Waals surface area contributed by atoms with Gasteiger partial charge in [0.05, 0.1) is 25.3 Å². The third-order valence-electron chi connectivity index (χ3n) is 6.16. The molecule has 6 rings (SSSR count). The van der Waals surface area contributed by atoms with Gasteiger partial charge in [0.15, 0.2) is 0 Å². The number of carbonyl (C=O) groups excluding carboxylic acids is 1. The maximum absolute atomic E-state index is 12.5. The number of thiazole rings is 2. The largest absolute Gasteiger partial charge is 0.744 e. The molecule has 202 valence electrons. The second-order valence-electron chi connectivity index (χ2n) is 8.89. The number of benzene rings is 4. The molecule has 0 saturated carbocycles. The molecule has 0 saturated heterocycles. The number of aromatic nitrogens is 2. The van der Waals surface area contributed by atoms with Crippen molar-refractivity contribution in [3.05, 3.63) is 90.0 Å². The molecule has 0 aliphatic rings. The molecule has 0 radical (unpaired) electrons. The van der Waals surface area contributed by atoms with Gasteiger partial charge in [0.2, 0.25) is 0 Å². The van der Waals surface area contributed by atoms with Crippen molar-refractivity contribution in [3.8, 4) is 21.1 Å². The number of nitrogens with two attached hydrogens (primary N) is 1. The second kappa shape index (κ2) is 10.4. The Labute approximate surface area is 237 Å². The monoisotopic (exact) mass is 589 g/mol. The first kappa shape index (κ1) is 27.4. The van der Waals surface area contributed by atoms with E-state index >= 15 is 0 Å². The van der Waals surface area contributed by atoms with Gasteiger partial charge in [-0.2, -0.15) is 0 Å². The van der Waals surface area contributed by atoms with E-state index < -0.39 is 10.1 Å². The van der Waals surface area contributed by atoms with Crippen molar-refractivity contribution in [1.29, 1.82) is 0 Å². The molecular formula is C28H23N5O4S3. The topological polar surface area (TPSA) is 175 Å². The maximum atomic E-state index is 12.5. The molecule has 0 atom stereocenters. The van der Waals surface area contributed by atoms with Crippen LogP contribution < -0.4 is 17.2 Å². The van der Waals surface area contributed by atoms with Crippen molar-refractivity contribution in [1.82, 2.24) is 16.1 Å². The summed E-state index contributed by atoms with van der Waals surface area (Å²) in [6.45, 7) is 1.61. The number of fused-ring (bicyclic) bond motifs is 2. The number of anilines is 2. The highest BCUT2D eigenvalue weighted by Crippen LogP contribution is 2.38. The lowest BCUT2D eigenvalue weighted by atomic mass is 10.1. The maximum Gasteiger partial charge on any atom is 0.255 e. The zero-order valence-corrected chi connectivity index (χ0v) is 23.8. The van der Waals surface area contributed by atoms with Crippen LogP contribution >= 0.6 is 22.7 Å². The Bertz CT molecular complexity index is 2000. The van der Waals surface area contributed by atoms with E-state index in [-0.39, 0.29) is 17.0 Å². The number of hydrogen-bond acceptors (Lipinski definition) is 9. The van der Waals surface area contributed by atoms with Crippen LogP contribution in [0, 0.1) is 6.92 Å². The number of aryl methyl sites for hydroxylation is 1. The van der Waals surface area contributed by atoms with Crippen molar-refractivity contribution >= 4 is 70.5 Å². The van der Waals surface area contributed by atoms with Gasteiger partial charge in [0, 0.05) is 28.1 Å². The first-order valence-corrected chi connectivity index (χ1v) is 14.7. The van der Waals surface area contributed by atoms with E-state index in [0.29, 0.717) is 37.7 Å². The highest BCUT2D eigenvalue weighted by atomic mass is 32.2. The number of rotatable bonds is 5. The summed E-state index contributed by atoms with van der Waals surface area (Å²) >= 11 is 2.70. The van der Waals surface area contributed by atoms with Gasteiger partial charge in [0.1, 0.15) is 20.1 Å². The van der Waals surface area contributed by atoms with E-state index in [9.17, 15) is 17.8 Å². The quantitative estimate of drug-likeness (QED) is 0.149. The Morgan fingerprint density at radius 1 is 0.850 bits per heavy atom. The van der Waals surface area contributed by atoms with Gasteiger partial charge in [-0.1, -0.05) is 6.07 Å². The van der Waals surface area contributed by atoms with Gasteiger partial charge in [-0.3, -0.25) is 4.79 Å². The number of nitrogens with one attached hydrogen (secondary N) is 1. The molecule has 7 N–H and O–H groups in total. The summed E-state index contributed by atoms with van der Waals surface area (Å²) in [5.74, 6) is -0.222. The van der Waals surface area contributed by atoms with Crippen LogP contribution in [-0.4, -0.2) is 28.8 Å². The van der Waals surface area contributed by atoms with Gasteiger partial charge in [0.25, 0.3) is 5.91 Å². The summed E-state index contributed by atoms with van der Waals surface area (Å²) in [7, 11) is -4.63. The zero-order chi connectivity index (χ0) is 27.3. The lowest BCUT2D eigenvalue weighted by Crippen LogP contribution is -2.11. The lowest BCUT2D eigenvalue weighted by Gasteiger charge is -2.10. The molecule has 4 aromatic carbocycles. The molecule has 0 bridgehead atoms. The van der Waals surface area contributed by atoms with Gasteiger partial charge in [-0.15, -0.1) is 22.7 Å². The minimum atomic E-state index is -4.63. The van der Waals surface area contributed by atoms with Crippen molar-refractivity contribution < 1.29 is 17.8 Å². The minimum absolute atomic E-state index is 0. The Kier molecular flexibility index (Phi) is 7.12. The van der Waals surface area contributed by atoms with Gasteiger partial charge >= 0.3 is 0 Å². The predicted molar refractivity (Wildman–Crippen MR) is 161 cm³/mol. The fraction of sp³-hybridized carbons (Fsp3) is 0.0357. The number of quaternary nitrogens is 1. The zero-order valence-electron chi connectivity index (χ0n) is 21.3. The standard InChI is InChI=1S/C28H20N4O4S3.H3N/c1-15-2-12-22-24(25(15)39(34,35)36)38-28(32-22)18-7-13-21-23(14-18)37-27(31-21)17-5-10-20(11-6-17)30-26(33)16-3-8-19(29)9-4-16;/h2-14H,29H2,1H3,(H,30,33)(H,34,35,36);1H3. The number of nitrogens with zero attached hydrogens (tertiary/aromatic N) is 2. The number of carbonyl (C=O) groups is 1. The van der Waals surface area contributed by atoms with E-state index in [4.69, 9.17) is 10.7 Å². The highest BCUT2D eigenvalue weighted by molar-refractivity contribution is 7.86. The fourth-order valence-electron chi connectivity index (χ4n) is 4.22. The molecule has 12 heteroatoms. The van der Waals surface area contributed by atoms with Crippen LogP contribution in [0.25, 0.3) is 41.6 Å². The Morgan fingerprint density at radius 3 is 2.17 bits per heavy atom. The summed E-state index contributed by atoms with van der Waals surface area (Å²) in [5.41, 5.74) is 10.9. The third kappa shape index (κ3) is 5.18. The van der Waals surface area contributed by atoms with Gasteiger partial charge in [-0.25, -0.2) is 18.4 Å².